The van der Waals surface area contributed by atoms with Gasteiger partial charge in [-0.05, 0) is 6.42 Å². The van der Waals surface area contributed by atoms with Gasteiger partial charge in [-0.25, -0.2) is 0 Å². The van der Waals surface area contributed by atoms with Gasteiger partial charge in [0.2, 0.25) is 0 Å². The minimum Gasteiger partial charge on any atom is -0.466 e. The van der Waals surface area contributed by atoms with Crippen LogP contribution in [-0.4, -0.2) is 25.2 Å². The van der Waals surface area contributed by atoms with Gasteiger partial charge in [-0.15, -0.1) is 6.42 Å². The molecule has 0 unspecified atom stereocenters. The molecule has 78 valence electrons. The van der Waals surface area contributed by atoms with Crippen molar-refractivity contribution in [2.24, 2.45) is 0 Å². The first-order valence-electron chi connectivity index (χ1n) is 4.45. The van der Waals surface area contributed by atoms with E-state index in [9.17, 15) is 9.59 Å². The second kappa shape index (κ2) is 8.11. The minimum absolute atomic E-state index is 0.0181. The molecule has 0 N–H and O–H groups in total. The van der Waals surface area contributed by atoms with Crippen LogP contribution in [0, 0.1) is 12.3 Å². The summed E-state index contributed by atoms with van der Waals surface area (Å²) in [5, 5.41) is 0. The highest BCUT2D eigenvalue weighted by molar-refractivity contribution is 5.77. The largest absolute Gasteiger partial charge is 0.466 e. The van der Waals surface area contributed by atoms with Gasteiger partial charge in [0.05, 0.1) is 19.4 Å². The Morgan fingerprint density at radius 2 is 1.79 bits per heavy atom. The van der Waals surface area contributed by atoms with Crippen LogP contribution in [0.25, 0.3) is 0 Å². The summed E-state index contributed by atoms with van der Waals surface area (Å²) in [6, 6.07) is 0. The fourth-order valence-electron chi connectivity index (χ4n) is 0.687. The maximum atomic E-state index is 10.9. The van der Waals surface area contributed by atoms with Crippen molar-refractivity contribution in [1.82, 2.24) is 0 Å². The van der Waals surface area contributed by atoms with Gasteiger partial charge in [-0.1, -0.05) is 12.8 Å². The summed E-state index contributed by atoms with van der Waals surface area (Å²) in [5.41, 5.74) is 0. The van der Waals surface area contributed by atoms with Gasteiger partial charge in [0.15, 0.2) is 6.61 Å². The van der Waals surface area contributed by atoms with E-state index in [4.69, 9.17) is 11.2 Å². The Balaban J connectivity index is 3.47. The molecule has 4 nitrogen and oxygen atoms in total. The number of ether oxygens (including phenoxy) is 2. The molecule has 0 saturated heterocycles. The SMILES string of the molecule is C#CCOC(=O)CCC(=O)OCCC. The molecule has 0 aromatic heterocycles. The van der Waals surface area contributed by atoms with E-state index in [0.29, 0.717) is 6.61 Å². The summed E-state index contributed by atoms with van der Waals surface area (Å²) < 4.78 is 9.32. The number of hydrogen-bond donors (Lipinski definition) is 0. The van der Waals surface area contributed by atoms with Crippen molar-refractivity contribution in [3.05, 3.63) is 0 Å². The van der Waals surface area contributed by atoms with Crippen molar-refractivity contribution < 1.29 is 19.1 Å². The predicted octanol–water partition coefficient (Wildman–Crippen LogP) is 0.896. The molecule has 0 rings (SSSR count). The summed E-state index contributed by atoms with van der Waals surface area (Å²) in [4.78, 5) is 21.8. The number of esters is 2. The Kier molecular flexibility index (Phi) is 7.24. The lowest BCUT2D eigenvalue weighted by Crippen LogP contribution is -2.10. The predicted molar refractivity (Wildman–Crippen MR) is 50.3 cm³/mol. The van der Waals surface area contributed by atoms with Crippen molar-refractivity contribution in [2.45, 2.75) is 26.2 Å². The lowest BCUT2D eigenvalue weighted by Gasteiger charge is -2.02. The van der Waals surface area contributed by atoms with E-state index in [2.05, 4.69) is 10.7 Å². The second-order valence-corrected chi connectivity index (χ2v) is 2.59. The fraction of sp³-hybridized carbons (Fsp3) is 0.600. The molecule has 0 amide bonds. The Hall–Kier alpha value is -1.50. The van der Waals surface area contributed by atoms with Crippen LogP contribution in [0.3, 0.4) is 0 Å². The van der Waals surface area contributed by atoms with Crippen LogP contribution >= 0.6 is 0 Å². The van der Waals surface area contributed by atoms with Gasteiger partial charge >= 0.3 is 11.9 Å². The molecule has 0 bridgehead atoms. The molecule has 0 radical (unpaired) electrons. The Bertz CT molecular complexity index is 227. The summed E-state index contributed by atoms with van der Waals surface area (Å²) in [7, 11) is 0. The molecule has 0 atom stereocenters. The Morgan fingerprint density at radius 1 is 1.21 bits per heavy atom. The third-order valence-corrected chi connectivity index (χ3v) is 1.32. The molecule has 4 heteroatoms. The third-order valence-electron chi connectivity index (χ3n) is 1.32. The van der Waals surface area contributed by atoms with Crippen molar-refractivity contribution in [1.29, 1.82) is 0 Å². The van der Waals surface area contributed by atoms with E-state index in [1.807, 2.05) is 6.92 Å². The number of terminal acetylenes is 1. The van der Waals surface area contributed by atoms with Gasteiger partial charge in [0.25, 0.3) is 0 Å². The van der Waals surface area contributed by atoms with Crippen molar-refractivity contribution in [2.75, 3.05) is 13.2 Å². The molecular formula is C10H14O4. The zero-order valence-electron chi connectivity index (χ0n) is 8.25. The molecule has 0 aliphatic carbocycles. The molecule has 0 saturated carbocycles. The number of carbonyl (C=O) groups excluding carboxylic acids is 2. The van der Waals surface area contributed by atoms with Crippen LogP contribution in [0.2, 0.25) is 0 Å². The molecular weight excluding hydrogens is 184 g/mol. The highest BCUT2D eigenvalue weighted by Gasteiger charge is 2.07. The second-order valence-electron chi connectivity index (χ2n) is 2.59. The van der Waals surface area contributed by atoms with Gasteiger partial charge in [-0.3, -0.25) is 9.59 Å². The Labute approximate surface area is 83.6 Å². The smallest absolute Gasteiger partial charge is 0.307 e. The fourth-order valence-corrected chi connectivity index (χ4v) is 0.687. The molecule has 0 heterocycles. The molecule has 0 fully saturated rings. The zero-order chi connectivity index (χ0) is 10.8. The molecule has 0 aromatic rings. The van der Waals surface area contributed by atoms with Crippen LogP contribution in [0.5, 0.6) is 0 Å². The lowest BCUT2D eigenvalue weighted by atomic mass is 10.3. The number of hydrogen-bond acceptors (Lipinski definition) is 4. The normalized spacial score (nSPS) is 8.86. The molecule has 0 aromatic carbocycles. The monoisotopic (exact) mass is 198 g/mol. The van der Waals surface area contributed by atoms with Crippen molar-refractivity contribution in [3.63, 3.8) is 0 Å². The first kappa shape index (κ1) is 12.5. The molecule has 0 aliphatic rings. The van der Waals surface area contributed by atoms with E-state index in [0.717, 1.165) is 6.42 Å². The highest BCUT2D eigenvalue weighted by atomic mass is 16.5. The van der Waals surface area contributed by atoms with E-state index in [1.165, 1.54) is 0 Å². The summed E-state index contributed by atoms with van der Waals surface area (Å²) in [5.74, 6) is 1.30. The van der Waals surface area contributed by atoms with Gasteiger partial charge < -0.3 is 9.47 Å². The first-order chi connectivity index (χ1) is 6.70. The number of carbonyl (C=O) groups is 2. The van der Waals surface area contributed by atoms with Crippen LogP contribution in [0.4, 0.5) is 0 Å². The van der Waals surface area contributed by atoms with Gasteiger partial charge in [-0.2, -0.15) is 0 Å². The first-order valence-corrected chi connectivity index (χ1v) is 4.45. The van der Waals surface area contributed by atoms with Crippen LogP contribution in [-0.2, 0) is 19.1 Å². The average Bonchev–Trinajstić information content (AvgIpc) is 2.20. The molecule has 14 heavy (non-hydrogen) atoms. The number of rotatable bonds is 6. The van der Waals surface area contributed by atoms with Gasteiger partial charge in [0, 0.05) is 0 Å². The summed E-state index contributed by atoms with van der Waals surface area (Å²) in [6.45, 7) is 2.23. The Morgan fingerprint density at radius 3 is 2.29 bits per heavy atom. The highest BCUT2D eigenvalue weighted by Crippen LogP contribution is 1.96. The van der Waals surface area contributed by atoms with E-state index in [1.54, 1.807) is 0 Å². The third kappa shape index (κ3) is 7.17. The van der Waals surface area contributed by atoms with Gasteiger partial charge in [0.1, 0.15) is 0 Å². The topological polar surface area (TPSA) is 52.6 Å². The van der Waals surface area contributed by atoms with E-state index >= 15 is 0 Å². The summed E-state index contributed by atoms with van der Waals surface area (Å²) in [6.07, 6.45) is 5.71. The standard InChI is InChI=1S/C10H14O4/c1-3-7-13-9(11)5-6-10(12)14-8-4-2/h1H,4-8H2,2H3. The van der Waals surface area contributed by atoms with E-state index < -0.39 is 5.97 Å². The molecule has 0 spiro atoms. The quantitative estimate of drug-likeness (QED) is 0.470. The van der Waals surface area contributed by atoms with E-state index in [-0.39, 0.29) is 25.4 Å². The van der Waals surface area contributed by atoms with Crippen LogP contribution < -0.4 is 0 Å². The maximum Gasteiger partial charge on any atom is 0.307 e. The summed E-state index contributed by atoms with van der Waals surface area (Å²) >= 11 is 0. The van der Waals surface area contributed by atoms with Crippen molar-refractivity contribution in [3.8, 4) is 12.3 Å². The molecule has 0 aliphatic heterocycles. The zero-order valence-corrected chi connectivity index (χ0v) is 8.25. The average molecular weight is 198 g/mol. The lowest BCUT2D eigenvalue weighted by molar-refractivity contribution is -0.149. The maximum absolute atomic E-state index is 10.9. The minimum atomic E-state index is -0.476. The van der Waals surface area contributed by atoms with Crippen LogP contribution in [0.15, 0.2) is 0 Å². The van der Waals surface area contributed by atoms with Crippen LogP contribution in [0.1, 0.15) is 26.2 Å². The van der Waals surface area contributed by atoms with Crippen molar-refractivity contribution >= 4 is 11.9 Å².